The molecule has 0 unspecified atom stereocenters. The second-order valence-electron chi connectivity index (χ2n) is 4.90. The lowest BCUT2D eigenvalue weighted by molar-refractivity contribution is 0.243. The van der Waals surface area contributed by atoms with Crippen molar-refractivity contribution in [2.45, 2.75) is 45.1 Å². The lowest BCUT2D eigenvalue weighted by Crippen LogP contribution is -2.07. The third-order valence-electron chi connectivity index (χ3n) is 2.31. The third kappa shape index (κ3) is 5.35. The summed E-state index contributed by atoms with van der Waals surface area (Å²) in [7, 11) is 0. The van der Waals surface area contributed by atoms with Crippen LogP contribution in [0.4, 0.5) is 5.69 Å². The van der Waals surface area contributed by atoms with Crippen LogP contribution >= 0.6 is 11.8 Å². The van der Waals surface area contributed by atoms with E-state index in [-0.39, 0.29) is 6.10 Å². The van der Waals surface area contributed by atoms with Gasteiger partial charge in [-0.3, -0.25) is 0 Å². The van der Waals surface area contributed by atoms with Crippen LogP contribution in [0.3, 0.4) is 0 Å². The molecule has 0 aromatic heterocycles. The van der Waals surface area contributed by atoms with Crippen molar-refractivity contribution in [3.63, 3.8) is 0 Å². The van der Waals surface area contributed by atoms with E-state index in [1.807, 2.05) is 37.7 Å². The van der Waals surface area contributed by atoms with Gasteiger partial charge in [0.2, 0.25) is 0 Å². The van der Waals surface area contributed by atoms with E-state index in [1.165, 1.54) is 11.3 Å². The van der Waals surface area contributed by atoms with Crippen LogP contribution in [0.1, 0.15) is 34.1 Å². The largest absolute Gasteiger partial charge is 0.489 e. The van der Waals surface area contributed by atoms with Gasteiger partial charge in [0.05, 0.1) is 11.8 Å². The number of hydrogen-bond acceptors (Lipinski definition) is 3. The quantitative estimate of drug-likeness (QED) is 0.610. The molecule has 0 saturated carbocycles. The number of anilines is 1. The molecule has 0 bridgehead atoms. The van der Waals surface area contributed by atoms with Gasteiger partial charge < -0.3 is 10.5 Å². The molecule has 0 heterocycles. The van der Waals surface area contributed by atoms with Gasteiger partial charge in [0.25, 0.3) is 0 Å². The number of benzene rings is 1. The Kier molecular flexibility index (Phi) is 5.69. The summed E-state index contributed by atoms with van der Waals surface area (Å²) >= 11 is 1.86. The van der Waals surface area contributed by atoms with E-state index in [1.54, 1.807) is 0 Å². The summed E-state index contributed by atoms with van der Waals surface area (Å²) in [6, 6.07) is 6.03. The lowest BCUT2D eigenvalue weighted by atomic mass is 10.2. The second kappa shape index (κ2) is 6.80. The van der Waals surface area contributed by atoms with Crippen LogP contribution in [0, 0.1) is 5.92 Å². The summed E-state index contributed by atoms with van der Waals surface area (Å²) in [5, 5.41) is 0. The Labute approximate surface area is 109 Å². The zero-order chi connectivity index (χ0) is 12.8. The number of thioether (sulfide) groups is 1. The highest BCUT2D eigenvalue weighted by molar-refractivity contribution is 7.99. The van der Waals surface area contributed by atoms with Gasteiger partial charge in [-0.1, -0.05) is 13.8 Å². The Hall–Kier alpha value is -0.830. The number of rotatable bonds is 6. The van der Waals surface area contributed by atoms with E-state index >= 15 is 0 Å². The summed E-state index contributed by atoms with van der Waals surface area (Å²) in [5.41, 5.74) is 6.60. The van der Waals surface area contributed by atoms with Gasteiger partial charge in [0.15, 0.2) is 0 Å². The molecule has 17 heavy (non-hydrogen) atoms. The van der Waals surface area contributed by atoms with Gasteiger partial charge in [-0.05, 0) is 50.1 Å². The molecule has 0 aliphatic heterocycles. The third-order valence-corrected chi connectivity index (χ3v) is 3.34. The monoisotopic (exact) mass is 253 g/mol. The number of nitrogen functional groups attached to an aromatic ring is 1. The number of hydrogen-bond donors (Lipinski definition) is 1. The fourth-order valence-corrected chi connectivity index (χ4v) is 2.55. The predicted octanol–water partition coefficient (Wildman–Crippen LogP) is 4.19. The zero-order valence-electron chi connectivity index (χ0n) is 11.2. The second-order valence-corrected chi connectivity index (χ2v) is 6.07. The van der Waals surface area contributed by atoms with E-state index in [0.717, 1.165) is 17.4 Å². The van der Waals surface area contributed by atoms with Gasteiger partial charge in [0, 0.05) is 4.90 Å². The first-order valence-electron chi connectivity index (χ1n) is 6.18. The molecule has 0 saturated heterocycles. The van der Waals surface area contributed by atoms with Crippen molar-refractivity contribution < 1.29 is 4.74 Å². The molecule has 0 fully saturated rings. The first-order chi connectivity index (χ1) is 7.99. The minimum atomic E-state index is 0.160. The maximum Gasteiger partial charge on any atom is 0.143 e. The van der Waals surface area contributed by atoms with E-state index in [4.69, 9.17) is 10.5 Å². The molecule has 0 atom stereocenters. The average Bonchev–Trinajstić information content (AvgIpc) is 2.21. The Bertz CT molecular complexity index is 350. The van der Waals surface area contributed by atoms with Crippen LogP contribution in [-0.2, 0) is 0 Å². The van der Waals surface area contributed by atoms with Crippen LogP contribution in [0.15, 0.2) is 23.1 Å². The normalized spacial score (nSPS) is 11.2. The minimum absolute atomic E-state index is 0.160. The van der Waals surface area contributed by atoms with Crippen LogP contribution in [0.5, 0.6) is 5.75 Å². The Morgan fingerprint density at radius 2 is 1.94 bits per heavy atom. The van der Waals surface area contributed by atoms with Crippen LogP contribution < -0.4 is 10.5 Å². The molecule has 2 N–H and O–H groups in total. The molecule has 0 spiro atoms. The summed E-state index contributed by atoms with van der Waals surface area (Å²) in [5.74, 6) is 2.69. The highest BCUT2D eigenvalue weighted by atomic mass is 32.2. The van der Waals surface area contributed by atoms with E-state index in [2.05, 4.69) is 19.9 Å². The summed E-state index contributed by atoms with van der Waals surface area (Å²) in [4.78, 5) is 1.23. The Balaban J connectivity index is 2.61. The predicted molar refractivity (Wildman–Crippen MR) is 76.8 cm³/mol. The fraction of sp³-hybridized carbons (Fsp3) is 0.571. The first kappa shape index (κ1) is 14.2. The smallest absolute Gasteiger partial charge is 0.143 e. The van der Waals surface area contributed by atoms with Crippen molar-refractivity contribution in [3.8, 4) is 5.75 Å². The maximum atomic E-state index is 5.88. The van der Waals surface area contributed by atoms with Gasteiger partial charge in [-0.25, -0.2) is 0 Å². The molecule has 0 aliphatic rings. The van der Waals surface area contributed by atoms with Crippen molar-refractivity contribution in [1.29, 1.82) is 0 Å². The van der Waals surface area contributed by atoms with E-state index < -0.39 is 0 Å². The molecule has 3 heteroatoms. The maximum absolute atomic E-state index is 5.88. The Morgan fingerprint density at radius 1 is 1.24 bits per heavy atom. The molecular formula is C14H23NOS. The van der Waals surface area contributed by atoms with Crippen LogP contribution in [0.25, 0.3) is 0 Å². The van der Waals surface area contributed by atoms with Crippen molar-refractivity contribution in [1.82, 2.24) is 0 Å². The van der Waals surface area contributed by atoms with Crippen LogP contribution in [-0.4, -0.2) is 11.9 Å². The molecule has 0 aliphatic carbocycles. The highest BCUT2D eigenvalue weighted by Crippen LogP contribution is 2.29. The average molecular weight is 253 g/mol. The van der Waals surface area contributed by atoms with Crippen molar-refractivity contribution in [3.05, 3.63) is 18.2 Å². The number of ether oxygens (including phenoxy) is 1. The molecule has 0 radical (unpaired) electrons. The molecule has 2 nitrogen and oxygen atoms in total. The van der Waals surface area contributed by atoms with Gasteiger partial charge in [-0.2, -0.15) is 0 Å². The summed E-state index contributed by atoms with van der Waals surface area (Å²) in [6.45, 7) is 8.52. The van der Waals surface area contributed by atoms with Crippen LogP contribution in [0.2, 0.25) is 0 Å². The van der Waals surface area contributed by atoms with E-state index in [0.29, 0.717) is 5.69 Å². The lowest BCUT2D eigenvalue weighted by Gasteiger charge is -2.13. The van der Waals surface area contributed by atoms with E-state index in [9.17, 15) is 0 Å². The van der Waals surface area contributed by atoms with Crippen molar-refractivity contribution in [2.75, 3.05) is 11.5 Å². The molecule has 96 valence electrons. The summed E-state index contributed by atoms with van der Waals surface area (Å²) < 4.78 is 5.67. The van der Waals surface area contributed by atoms with Gasteiger partial charge in [0.1, 0.15) is 5.75 Å². The summed E-state index contributed by atoms with van der Waals surface area (Å²) in [6.07, 6.45) is 1.39. The molecule has 0 amide bonds. The molecule has 1 aromatic carbocycles. The van der Waals surface area contributed by atoms with Gasteiger partial charge in [-0.15, -0.1) is 11.8 Å². The number of nitrogens with two attached hydrogens (primary N) is 1. The molecule has 1 rings (SSSR count). The van der Waals surface area contributed by atoms with Crippen molar-refractivity contribution in [2.24, 2.45) is 5.92 Å². The fourth-order valence-electron chi connectivity index (χ4n) is 1.37. The Morgan fingerprint density at radius 3 is 2.53 bits per heavy atom. The SMILES string of the molecule is CC(C)CCSc1ccc(N)c(OC(C)C)c1. The topological polar surface area (TPSA) is 35.2 Å². The zero-order valence-corrected chi connectivity index (χ0v) is 12.0. The minimum Gasteiger partial charge on any atom is -0.489 e. The molecular weight excluding hydrogens is 230 g/mol. The van der Waals surface area contributed by atoms with Gasteiger partial charge >= 0.3 is 0 Å². The standard InChI is InChI=1S/C14H23NOS/c1-10(2)7-8-17-12-5-6-13(15)14(9-12)16-11(3)4/h5-6,9-11H,7-8,15H2,1-4H3. The first-order valence-corrected chi connectivity index (χ1v) is 7.16. The van der Waals surface area contributed by atoms with Crippen molar-refractivity contribution >= 4 is 17.4 Å². The highest BCUT2D eigenvalue weighted by Gasteiger charge is 2.05. The molecule has 1 aromatic rings.